The molecule has 0 spiro atoms. The average Bonchev–Trinajstić information content (AvgIpc) is 3.02. The number of carboxylic acids is 1. The number of aromatic nitrogens is 2. The molecule has 21 heavy (non-hydrogen) atoms. The summed E-state index contributed by atoms with van der Waals surface area (Å²) in [5.74, 6) is 0.0641. The lowest BCUT2D eigenvalue weighted by Gasteiger charge is -2.25. The quantitative estimate of drug-likeness (QED) is 0.666. The number of nitro groups is 1. The van der Waals surface area contributed by atoms with Crippen LogP contribution < -0.4 is 4.90 Å². The molecule has 1 N–H and O–H groups in total. The van der Waals surface area contributed by atoms with Gasteiger partial charge in [0.15, 0.2) is 0 Å². The van der Waals surface area contributed by atoms with Crippen molar-refractivity contribution in [3.05, 3.63) is 15.9 Å². The number of carbonyl (C=O) groups is 1. The van der Waals surface area contributed by atoms with Crippen LogP contribution in [0.5, 0.6) is 0 Å². The molecule has 8 heteroatoms. The Kier molecular flexibility index (Phi) is 3.11. The molecule has 1 aromatic rings. The maximum absolute atomic E-state index is 11.7. The van der Waals surface area contributed by atoms with Gasteiger partial charge >= 0.3 is 11.8 Å². The Balaban J connectivity index is 2.07. The highest BCUT2D eigenvalue weighted by Gasteiger charge is 2.50. The van der Waals surface area contributed by atoms with Crippen molar-refractivity contribution in [2.24, 2.45) is 18.9 Å². The number of aryl methyl sites for hydroxylation is 1. The predicted molar refractivity (Wildman–Crippen MR) is 74.2 cm³/mol. The molecule has 3 atom stereocenters. The van der Waals surface area contributed by atoms with Crippen LogP contribution in [0.25, 0.3) is 0 Å². The number of imidazole rings is 1. The number of rotatable bonds is 3. The van der Waals surface area contributed by atoms with Crippen molar-refractivity contribution in [1.82, 2.24) is 9.55 Å². The number of hydrogen-bond donors (Lipinski definition) is 1. The van der Waals surface area contributed by atoms with Gasteiger partial charge < -0.3 is 20.1 Å². The van der Waals surface area contributed by atoms with Crippen molar-refractivity contribution in [3.8, 4) is 0 Å². The topological polar surface area (TPSA) is 102 Å². The van der Waals surface area contributed by atoms with E-state index in [4.69, 9.17) is 0 Å². The Labute approximate surface area is 121 Å². The van der Waals surface area contributed by atoms with Crippen LogP contribution in [0.4, 0.5) is 11.6 Å². The lowest BCUT2D eigenvalue weighted by atomic mass is 9.94. The van der Waals surface area contributed by atoms with Crippen molar-refractivity contribution in [3.63, 3.8) is 0 Å². The van der Waals surface area contributed by atoms with Crippen molar-refractivity contribution in [2.45, 2.75) is 32.2 Å². The molecule has 2 fully saturated rings. The Morgan fingerprint density at radius 1 is 1.48 bits per heavy atom. The summed E-state index contributed by atoms with van der Waals surface area (Å²) in [5, 5.41) is 20.8. The van der Waals surface area contributed by atoms with Gasteiger partial charge in [0.1, 0.15) is 6.04 Å². The normalized spacial score (nSPS) is 27.9. The van der Waals surface area contributed by atoms with Gasteiger partial charge in [-0.25, -0.2) is 4.79 Å². The molecule has 2 heterocycles. The molecule has 3 rings (SSSR count). The van der Waals surface area contributed by atoms with Gasteiger partial charge in [0.2, 0.25) is 11.6 Å². The average molecular weight is 294 g/mol. The van der Waals surface area contributed by atoms with Crippen LogP contribution in [-0.2, 0) is 11.8 Å². The molecule has 1 saturated heterocycles. The first-order chi connectivity index (χ1) is 9.91. The Morgan fingerprint density at radius 3 is 2.81 bits per heavy atom. The molecule has 1 aliphatic heterocycles. The van der Waals surface area contributed by atoms with E-state index in [9.17, 15) is 20.0 Å². The van der Waals surface area contributed by atoms with E-state index in [1.54, 1.807) is 23.4 Å². The summed E-state index contributed by atoms with van der Waals surface area (Å²) in [6, 6.07) is -0.689. The van der Waals surface area contributed by atoms with E-state index in [2.05, 4.69) is 4.98 Å². The Morgan fingerprint density at radius 2 is 2.19 bits per heavy atom. The summed E-state index contributed by atoms with van der Waals surface area (Å²) in [7, 11) is 1.69. The highest BCUT2D eigenvalue weighted by Crippen LogP contribution is 2.45. The van der Waals surface area contributed by atoms with Gasteiger partial charge in [-0.3, -0.25) is 4.57 Å². The number of aliphatic carboxylic acids is 1. The Hall–Kier alpha value is -2.12. The number of anilines is 1. The van der Waals surface area contributed by atoms with Gasteiger partial charge in [0, 0.05) is 20.5 Å². The van der Waals surface area contributed by atoms with Crippen LogP contribution in [0.1, 0.15) is 25.1 Å². The zero-order valence-corrected chi connectivity index (χ0v) is 12.0. The van der Waals surface area contributed by atoms with E-state index in [0.29, 0.717) is 24.1 Å². The van der Waals surface area contributed by atoms with Gasteiger partial charge in [0.25, 0.3) is 0 Å². The first-order valence-electron chi connectivity index (χ1n) is 7.09. The van der Waals surface area contributed by atoms with Crippen molar-refractivity contribution in [1.29, 1.82) is 0 Å². The first-order valence-corrected chi connectivity index (χ1v) is 7.09. The van der Waals surface area contributed by atoms with E-state index in [-0.39, 0.29) is 11.7 Å². The monoisotopic (exact) mass is 294 g/mol. The first kappa shape index (κ1) is 13.8. The third-order valence-corrected chi connectivity index (χ3v) is 4.86. The molecule has 1 aliphatic carbocycles. The number of nitrogens with zero attached hydrogens (tertiary/aromatic N) is 4. The molecule has 114 valence electrons. The van der Waals surface area contributed by atoms with E-state index < -0.39 is 16.9 Å². The molecule has 0 aromatic carbocycles. The second kappa shape index (κ2) is 4.71. The largest absolute Gasteiger partial charge is 0.480 e. The van der Waals surface area contributed by atoms with Gasteiger partial charge in [0.05, 0.1) is 0 Å². The molecule has 0 radical (unpaired) electrons. The molecule has 8 nitrogen and oxygen atoms in total. The highest BCUT2D eigenvalue weighted by molar-refractivity contribution is 5.80. The van der Waals surface area contributed by atoms with Crippen molar-refractivity contribution >= 4 is 17.6 Å². The Bertz CT molecular complexity index is 612. The fraction of sp³-hybridized carbons (Fsp3) is 0.692. The van der Waals surface area contributed by atoms with Gasteiger partial charge in [-0.2, -0.15) is 0 Å². The predicted octanol–water partition coefficient (Wildman–Crippen LogP) is 1.33. The molecule has 3 unspecified atom stereocenters. The fourth-order valence-electron chi connectivity index (χ4n) is 3.86. The molecular weight excluding hydrogens is 276 g/mol. The SMILES string of the molecule is Cc1nc([N+](=O)[O-])c(N2CC3CCCC3C2C(=O)O)n1C. The molecule has 2 aliphatic rings. The lowest BCUT2D eigenvalue weighted by Crippen LogP contribution is -2.40. The minimum Gasteiger partial charge on any atom is -0.480 e. The van der Waals surface area contributed by atoms with Crippen LogP contribution in [0.3, 0.4) is 0 Å². The summed E-state index contributed by atoms with van der Waals surface area (Å²) < 4.78 is 1.62. The van der Waals surface area contributed by atoms with Crippen LogP contribution in [0.2, 0.25) is 0 Å². The van der Waals surface area contributed by atoms with Gasteiger partial charge in [-0.15, -0.1) is 0 Å². The second-order valence-corrected chi connectivity index (χ2v) is 5.91. The third-order valence-electron chi connectivity index (χ3n) is 4.86. The molecule has 1 aromatic heterocycles. The van der Waals surface area contributed by atoms with E-state index >= 15 is 0 Å². The third kappa shape index (κ3) is 1.97. The molecule has 0 bridgehead atoms. The second-order valence-electron chi connectivity index (χ2n) is 5.91. The van der Waals surface area contributed by atoms with Crippen LogP contribution in [0.15, 0.2) is 0 Å². The number of hydrogen-bond acceptors (Lipinski definition) is 5. The maximum atomic E-state index is 11.7. The zero-order valence-electron chi connectivity index (χ0n) is 12.0. The summed E-state index contributed by atoms with van der Waals surface area (Å²) >= 11 is 0. The van der Waals surface area contributed by atoms with E-state index in [1.165, 1.54) is 0 Å². The molecular formula is C13H18N4O4. The number of carboxylic acid groups (broad SMARTS) is 1. The van der Waals surface area contributed by atoms with Crippen LogP contribution in [0, 0.1) is 28.9 Å². The lowest BCUT2D eigenvalue weighted by molar-refractivity contribution is -0.388. The van der Waals surface area contributed by atoms with Crippen LogP contribution >= 0.6 is 0 Å². The van der Waals surface area contributed by atoms with Crippen molar-refractivity contribution < 1.29 is 14.8 Å². The van der Waals surface area contributed by atoms with Crippen LogP contribution in [-0.4, -0.2) is 38.1 Å². The fourth-order valence-corrected chi connectivity index (χ4v) is 3.86. The zero-order chi connectivity index (χ0) is 15.3. The van der Waals surface area contributed by atoms with E-state index in [0.717, 1.165) is 19.3 Å². The number of fused-ring (bicyclic) bond motifs is 1. The van der Waals surface area contributed by atoms with Crippen molar-refractivity contribution in [2.75, 3.05) is 11.4 Å². The minimum atomic E-state index is -0.905. The summed E-state index contributed by atoms with van der Waals surface area (Å²) in [6.07, 6.45) is 2.91. The summed E-state index contributed by atoms with van der Waals surface area (Å²) in [6.45, 7) is 2.24. The maximum Gasteiger partial charge on any atom is 0.406 e. The summed E-state index contributed by atoms with van der Waals surface area (Å²) in [4.78, 5) is 28.0. The minimum absolute atomic E-state index is 0.0808. The van der Waals surface area contributed by atoms with E-state index in [1.807, 2.05) is 0 Å². The molecule has 0 amide bonds. The standard InChI is InChI=1S/C13H18N4O4/c1-7-14-11(17(20)21)12(15(7)2)16-6-8-4-3-5-9(8)10(16)13(18)19/h8-10H,3-6H2,1-2H3,(H,18,19). The highest BCUT2D eigenvalue weighted by atomic mass is 16.6. The molecule has 1 saturated carbocycles. The van der Waals surface area contributed by atoms with Gasteiger partial charge in [-0.05, 0) is 34.6 Å². The smallest absolute Gasteiger partial charge is 0.406 e. The van der Waals surface area contributed by atoms with Gasteiger partial charge in [-0.1, -0.05) is 6.42 Å². The summed E-state index contributed by atoms with van der Waals surface area (Å²) in [5.41, 5.74) is 0.